The van der Waals surface area contributed by atoms with Crippen molar-refractivity contribution in [3.63, 3.8) is 0 Å². The van der Waals surface area contributed by atoms with Crippen molar-refractivity contribution in [2.45, 2.75) is 19.1 Å². The molecule has 0 aliphatic heterocycles. The van der Waals surface area contributed by atoms with Crippen molar-refractivity contribution in [2.24, 2.45) is 4.99 Å². The van der Waals surface area contributed by atoms with Gasteiger partial charge in [-0.05, 0) is 18.6 Å². The normalized spacial score (nSPS) is 13.4. The molecule has 0 saturated heterocycles. The first-order valence-electron chi connectivity index (χ1n) is 7.16. The Labute approximate surface area is 147 Å². The molecule has 1 aromatic rings. The monoisotopic (exact) mass is 408 g/mol. The van der Waals surface area contributed by atoms with Crippen molar-refractivity contribution in [3.05, 3.63) is 34.3 Å². The van der Waals surface area contributed by atoms with E-state index in [1.165, 1.54) is 7.05 Å². The van der Waals surface area contributed by atoms with Crippen LogP contribution in [0.5, 0.6) is 0 Å². The highest BCUT2D eigenvalue weighted by Crippen LogP contribution is 2.22. The van der Waals surface area contributed by atoms with Crippen LogP contribution < -0.4 is 10.6 Å². The Bertz CT molecular complexity index is 592. The lowest BCUT2D eigenvalue weighted by atomic mass is 10.1. The van der Waals surface area contributed by atoms with E-state index in [2.05, 4.69) is 31.6 Å². The molecule has 0 aliphatic carbocycles. The molecular formula is C15H20BrF3N4O. The minimum Gasteiger partial charge on any atom is -0.350 e. The molecule has 134 valence electrons. The van der Waals surface area contributed by atoms with Gasteiger partial charge in [0.05, 0.1) is 12.6 Å². The molecule has 1 unspecified atom stereocenters. The lowest BCUT2D eigenvalue weighted by molar-refractivity contribution is -0.157. The van der Waals surface area contributed by atoms with Crippen LogP contribution in [-0.4, -0.2) is 50.1 Å². The molecule has 2 N–H and O–H groups in total. The van der Waals surface area contributed by atoms with Crippen molar-refractivity contribution in [2.75, 3.05) is 27.2 Å². The van der Waals surface area contributed by atoms with Gasteiger partial charge in [0.15, 0.2) is 5.96 Å². The standard InChI is InChI=1S/C15H20BrF3N4O/c1-10(11-6-4-5-7-12(11)16)22-14(20-2)21-8-13(24)23(3)9-15(17,18)19/h4-7,10H,8-9H2,1-3H3,(H2,20,21,22). The zero-order valence-corrected chi connectivity index (χ0v) is 15.2. The highest BCUT2D eigenvalue weighted by atomic mass is 79.9. The Morgan fingerprint density at radius 2 is 2.00 bits per heavy atom. The van der Waals surface area contributed by atoms with E-state index in [4.69, 9.17) is 0 Å². The number of nitrogens with zero attached hydrogens (tertiary/aromatic N) is 2. The average molecular weight is 409 g/mol. The van der Waals surface area contributed by atoms with Gasteiger partial charge in [-0.2, -0.15) is 13.2 Å². The highest BCUT2D eigenvalue weighted by Gasteiger charge is 2.31. The number of alkyl halides is 3. The number of aliphatic imine (C=N–C) groups is 1. The molecule has 0 radical (unpaired) electrons. The lowest BCUT2D eigenvalue weighted by Gasteiger charge is -2.22. The molecule has 1 atom stereocenters. The van der Waals surface area contributed by atoms with Gasteiger partial charge in [0, 0.05) is 18.6 Å². The van der Waals surface area contributed by atoms with E-state index in [1.54, 1.807) is 0 Å². The van der Waals surface area contributed by atoms with Crippen molar-refractivity contribution in [1.29, 1.82) is 0 Å². The molecule has 0 aliphatic rings. The quantitative estimate of drug-likeness (QED) is 0.581. The summed E-state index contributed by atoms with van der Waals surface area (Å²) < 4.78 is 37.7. The minimum atomic E-state index is -4.42. The number of amides is 1. The van der Waals surface area contributed by atoms with Crippen LogP contribution in [0.3, 0.4) is 0 Å². The van der Waals surface area contributed by atoms with Crippen LogP contribution >= 0.6 is 15.9 Å². The van der Waals surface area contributed by atoms with Crippen LogP contribution in [0.4, 0.5) is 13.2 Å². The molecular weight excluding hydrogens is 389 g/mol. The Hall–Kier alpha value is -1.77. The summed E-state index contributed by atoms with van der Waals surface area (Å²) in [6, 6.07) is 7.50. The molecule has 5 nitrogen and oxygen atoms in total. The van der Waals surface area contributed by atoms with Gasteiger partial charge in [0.1, 0.15) is 6.54 Å². The summed E-state index contributed by atoms with van der Waals surface area (Å²) in [5.74, 6) is -0.351. The third-order valence-electron chi connectivity index (χ3n) is 3.20. The van der Waals surface area contributed by atoms with E-state index in [0.717, 1.165) is 17.1 Å². The fourth-order valence-corrected chi connectivity index (χ4v) is 2.58. The summed E-state index contributed by atoms with van der Waals surface area (Å²) in [6.45, 7) is 0.340. The van der Waals surface area contributed by atoms with E-state index < -0.39 is 18.6 Å². The highest BCUT2D eigenvalue weighted by molar-refractivity contribution is 9.10. The SMILES string of the molecule is CN=C(NCC(=O)N(C)CC(F)(F)F)NC(C)c1ccccc1Br. The van der Waals surface area contributed by atoms with Gasteiger partial charge in [0.2, 0.25) is 5.91 Å². The summed E-state index contributed by atoms with van der Waals surface area (Å²) in [5, 5.41) is 5.80. The Kier molecular flexibility index (Phi) is 7.53. The summed E-state index contributed by atoms with van der Waals surface area (Å²) in [7, 11) is 2.63. The smallest absolute Gasteiger partial charge is 0.350 e. The van der Waals surface area contributed by atoms with Gasteiger partial charge in [-0.3, -0.25) is 9.79 Å². The Balaban J connectivity index is 2.57. The predicted molar refractivity (Wildman–Crippen MR) is 90.7 cm³/mol. The number of nitrogens with one attached hydrogen (secondary N) is 2. The van der Waals surface area contributed by atoms with Crippen LogP contribution in [0.2, 0.25) is 0 Å². The van der Waals surface area contributed by atoms with Crippen LogP contribution in [0.15, 0.2) is 33.7 Å². The van der Waals surface area contributed by atoms with Crippen LogP contribution in [0, 0.1) is 0 Å². The maximum atomic E-state index is 12.3. The maximum absolute atomic E-state index is 12.3. The van der Waals surface area contributed by atoms with E-state index in [0.29, 0.717) is 10.9 Å². The summed E-state index contributed by atoms with van der Waals surface area (Å²) in [4.78, 5) is 16.3. The Morgan fingerprint density at radius 1 is 1.38 bits per heavy atom. The van der Waals surface area contributed by atoms with E-state index in [9.17, 15) is 18.0 Å². The molecule has 1 amide bonds. The van der Waals surface area contributed by atoms with Gasteiger partial charge in [-0.15, -0.1) is 0 Å². The molecule has 0 saturated carbocycles. The number of hydrogen-bond acceptors (Lipinski definition) is 2. The molecule has 0 heterocycles. The molecule has 0 fully saturated rings. The molecule has 1 rings (SSSR count). The van der Waals surface area contributed by atoms with E-state index in [-0.39, 0.29) is 12.6 Å². The zero-order chi connectivity index (χ0) is 18.3. The maximum Gasteiger partial charge on any atom is 0.406 e. The summed E-state index contributed by atoms with van der Waals surface area (Å²) in [6.07, 6.45) is -4.42. The van der Waals surface area contributed by atoms with Crippen molar-refractivity contribution < 1.29 is 18.0 Å². The molecule has 0 spiro atoms. The van der Waals surface area contributed by atoms with Crippen molar-refractivity contribution in [1.82, 2.24) is 15.5 Å². The lowest BCUT2D eigenvalue weighted by Crippen LogP contribution is -2.46. The van der Waals surface area contributed by atoms with Gasteiger partial charge in [-0.1, -0.05) is 34.1 Å². The first kappa shape index (κ1) is 20.3. The first-order chi connectivity index (χ1) is 11.1. The fraction of sp³-hybridized carbons (Fsp3) is 0.467. The number of halogens is 4. The fourth-order valence-electron chi connectivity index (χ4n) is 1.96. The summed E-state index contributed by atoms with van der Waals surface area (Å²) >= 11 is 3.45. The largest absolute Gasteiger partial charge is 0.406 e. The number of guanidine groups is 1. The van der Waals surface area contributed by atoms with E-state index >= 15 is 0 Å². The zero-order valence-electron chi connectivity index (χ0n) is 13.6. The second kappa shape index (κ2) is 8.91. The first-order valence-corrected chi connectivity index (χ1v) is 7.95. The molecule has 1 aromatic carbocycles. The number of carbonyl (C=O) groups excluding carboxylic acids is 1. The van der Waals surface area contributed by atoms with Crippen molar-refractivity contribution >= 4 is 27.8 Å². The van der Waals surface area contributed by atoms with Crippen LogP contribution in [0.1, 0.15) is 18.5 Å². The molecule has 0 bridgehead atoms. The number of hydrogen-bond donors (Lipinski definition) is 2. The molecule has 9 heteroatoms. The number of rotatable bonds is 5. The topological polar surface area (TPSA) is 56.7 Å². The van der Waals surface area contributed by atoms with Gasteiger partial charge in [-0.25, -0.2) is 0 Å². The number of benzene rings is 1. The van der Waals surface area contributed by atoms with E-state index in [1.807, 2.05) is 31.2 Å². The minimum absolute atomic E-state index is 0.116. The molecule has 24 heavy (non-hydrogen) atoms. The average Bonchev–Trinajstić information content (AvgIpc) is 2.49. The second-order valence-electron chi connectivity index (χ2n) is 5.18. The van der Waals surface area contributed by atoms with Crippen LogP contribution in [0.25, 0.3) is 0 Å². The van der Waals surface area contributed by atoms with Gasteiger partial charge < -0.3 is 15.5 Å². The third kappa shape index (κ3) is 6.77. The molecule has 0 aromatic heterocycles. The predicted octanol–water partition coefficient (Wildman–Crippen LogP) is 2.70. The second-order valence-corrected chi connectivity index (χ2v) is 6.03. The number of carbonyl (C=O) groups is 1. The van der Waals surface area contributed by atoms with Gasteiger partial charge >= 0.3 is 6.18 Å². The summed E-state index contributed by atoms with van der Waals surface area (Å²) in [5.41, 5.74) is 0.987. The van der Waals surface area contributed by atoms with Crippen LogP contribution in [-0.2, 0) is 4.79 Å². The Morgan fingerprint density at radius 3 is 2.54 bits per heavy atom. The van der Waals surface area contributed by atoms with Crippen molar-refractivity contribution in [3.8, 4) is 0 Å². The third-order valence-corrected chi connectivity index (χ3v) is 3.92. The van der Waals surface area contributed by atoms with Gasteiger partial charge in [0.25, 0.3) is 0 Å². The number of likely N-dealkylation sites (N-methyl/N-ethyl adjacent to an activating group) is 1.